The van der Waals surface area contributed by atoms with Crippen LogP contribution in [0.2, 0.25) is 0 Å². The average molecular weight is 407 g/mol. The van der Waals surface area contributed by atoms with E-state index in [0.29, 0.717) is 0 Å². The predicted molar refractivity (Wildman–Crippen MR) is 131 cm³/mol. The SMILES string of the molecule is CCC(C=C1C=CC(=[N+](C)C)C=C1)=C1C=C(c2ccccc2)C=C(c2ccccc2)O1. The van der Waals surface area contributed by atoms with Gasteiger partial charge in [-0.15, -0.1) is 0 Å². The molecule has 0 unspecified atom stereocenters. The van der Waals surface area contributed by atoms with Gasteiger partial charge in [0.15, 0.2) is 5.71 Å². The molecule has 2 aliphatic rings. The van der Waals surface area contributed by atoms with Crippen LogP contribution in [0, 0.1) is 0 Å². The number of ether oxygens (including phenoxy) is 1. The lowest BCUT2D eigenvalue weighted by Gasteiger charge is -2.20. The summed E-state index contributed by atoms with van der Waals surface area (Å²) in [5, 5.41) is 0. The zero-order chi connectivity index (χ0) is 21.6. The van der Waals surface area contributed by atoms with Crippen LogP contribution >= 0.6 is 0 Å². The van der Waals surface area contributed by atoms with E-state index in [4.69, 9.17) is 4.74 Å². The van der Waals surface area contributed by atoms with Crippen LogP contribution in [0.4, 0.5) is 0 Å². The Bertz CT molecular complexity index is 1150. The molecule has 0 saturated heterocycles. The van der Waals surface area contributed by atoms with Crippen molar-refractivity contribution in [2.24, 2.45) is 0 Å². The lowest BCUT2D eigenvalue weighted by molar-refractivity contribution is -0.462. The van der Waals surface area contributed by atoms with Crippen molar-refractivity contribution in [2.45, 2.75) is 13.3 Å². The summed E-state index contributed by atoms with van der Waals surface area (Å²) in [6.45, 7) is 2.17. The van der Waals surface area contributed by atoms with Gasteiger partial charge in [-0.3, -0.25) is 0 Å². The smallest absolute Gasteiger partial charge is 0.199 e. The van der Waals surface area contributed by atoms with Crippen molar-refractivity contribution in [1.82, 2.24) is 0 Å². The summed E-state index contributed by atoms with van der Waals surface area (Å²) in [5.74, 6) is 1.78. The van der Waals surface area contributed by atoms with E-state index in [0.717, 1.165) is 29.1 Å². The molecular weight excluding hydrogens is 378 g/mol. The third-order valence-corrected chi connectivity index (χ3v) is 5.41. The van der Waals surface area contributed by atoms with Crippen LogP contribution in [0.25, 0.3) is 11.3 Å². The van der Waals surface area contributed by atoms with E-state index in [9.17, 15) is 0 Å². The van der Waals surface area contributed by atoms with Gasteiger partial charge in [-0.2, -0.15) is 0 Å². The van der Waals surface area contributed by atoms with E-state index in [2.05, 4.69) is 105 Å². The summed E-state index contributed by atoms with van der Waals surface area (Å²) in [6, 6.07) is 20.8. The molecule has 0 atom stereocenters. The Morgan fingerprint density at radius 3 is 2.00 bits per heavy atom. The first kappa shape index (κ1) is 20.6. The van der Waals surface area contributed by atoms with Crippen LogP contribution in [-0.4, -0.2) is 24.4 Å². The standard InChI is InChI=1S/C29H28NO/c1-4-23(19-22-15-17-27(18-16-22)30(2)3)28-20-26(24-11-7-5-8-12-24)21-29(31-28)25-13-9-6-10-14-25/h5-21H,4H2,1-3H3/q+1. The van der Waals surface area contributed by atoms with Crippen molar-refractivity contribution in [2.75, 3.05) is 14.1 Å². The lowest BCUT2D eigenvalue weighted by atomic mass is 9.97. The summed E-state index contributed by atoms with van der Waals surface area (Å²) < 4.78 is 8.55. The highest BCUT2D eigenvalue weighted by molar-refractivity contribution is 6.02. The van der Waals surface area contributed by atoms with Crippen LogP contribution in [0.3, 0.4) is 0 Å². The van der Waals surface area contributed by atoms with Crippen molar-refractivity contribution >= 4 is 17.0 Å². The Morgan fingerprint density at radius 2 is 1.42 bits per heavy atom. The van der Waals surface area contributed by atoms with Crippen LogP contribution in [0.1, 0.15) is 24.5 Å². The number of nitrogens with zero attached hydrogens (tertiary/aromatic N) is 1. The van der Waals surface area contributed by atoms with Crippen LogP contribution < -0.4 is 0 Å². The van der Waals surface area contributed by atoms with Gasteiger partial charge in [-0.1, -0.05) is 67.6 Å². The molecule has 0 radical (unpaired) electrons. The summed E-state index contributed by atoms with van der Waals surface area (Å²) in [7, 11) is 4.11. The van der Waals surface area contributed by atoms with Crippen molar-refractivity contribution in [3.63, 3.8) is 0 Å². The van der Waals surface area contributed by atoms with Gasteiger partial charge in [0.05, 0.1) is 0 Å². The molecule has 0 amide bonds. The fourth-order valence-electron chi connectivity index (χ4n) is 3.62. The minimum atomic E-state index is 0.874. The largest absolute Gasteiger partial charge is 0.456 e. The average Bonchev–Trinajstić information content (AvgIpc) is 2.83. The first-order valence-corrected chi connectivity index (χ1v) is 10.7. The minimum absolute atomic E-state index is 0.874. The molecule has 0 fully saturated rings. The maximum Gasteiger partial charge on any atom is 0.199 e. The van der Waals surface area contributed by atoms with Gasteiger partial charge in [0, 0.05) is 17.7 Å². The Labute approximate surface area is 185 Å². The topological polar surface area (TPSA) is 12.2 Å². The highest BCUT2D eigenvalue weighted by Crippen LogP contribution is 2.34. The molecule has 154 valence electrons. The number of hydrogen-bond acceptors (Lipinski definition) is 1. The minimum Gasteiger partial charge on any atom is -0.456 e. The van der Waals surface area contributed by atoms with E-state index in [1.807, 2.05) is 24.3 Å². The molecule has 0 N–H and O–H groups in total. The van der Waals surface area contributed by atoms with Crippen molar-refractivity contribution < 1.29 is 9.31 Å². The second-order valence-corrected chi connectivity index (χ2v) is 7.82. The molecule has 2 nitrogen and oxygen atoms in total. The van der Waals surface area contributed by atoms with Crippen molar-refractivity contribution in [1.29, 1.82) is 0 Å². The molecule has 1 aliphatic heterocycles. The van der Waals surface area contributed by atoms with Gasteiger partial charge in [0.1, 0.15) is 25.6 Å². The summed E-state index contributed by atoms with van der Waals surface area (Å²) in [5.41, 5.74) is 6.95. The van der Waals surface area contributed by atoms with Crippen molar-refractivity contribution in [3.8, 4) is 0 Å². The van der Waals surface area contributed by atoms with Gasteiger partial charge in [-0.05, 0) is 59.1 Å². The normalized spacial score (nSPS) is 17.0. The monoisotopic (exact) mass is 406 g/mol. The Kier molecular flexibility index (Phi) is 6.28. The van der Waals surface area contributed by atoms with Crippen LogP contribution in [0.5, 0.6) is 0 Å². The first-order valence-electron chi connectivity index (χ1n) is 10.7. The Morgan fingerprint density at radius 1 is 0.806 bits per heavy atom. The molecule has 4 rings (SSSR count). The van der Waals surface area contributed by atoms with Gasteiger partial charge < -0.3 is 4.74 Å². The molecular formula is C29H28NO+. The summed E-state index contributed by atoms with van der Waals surface area (Å²) >= 11 is 0. The molecule has 0 spiro atoms. The molecule has 0 saturated carbocycles. The fourth-order valence-corrected chi connectivity index (χ4v) is 3.62. The summed E-state index contributed by atoms with van der Waals surface area (Å²) in [4.78, 5) is 0. The summed E-state index contributed by atoms with van der Waals surface area (Å²) in [6.07, 6.45) is 16.0. The molecule has 1 aliphatic carbocycles. The molecule has 0 bridgehead atoms. The highest BCUT2D eigenvalue weighted by Gasteiger charge is 2.17. The maximum absolute atomic E-state index is 6.44. The van der Waals surface area contributed by atoms with Gasteiger partial charge >= 0.3 is 0 Å². The van der Waals surface area contributed by atoms with E-state index >= 15 is 0 Å². The van der Waals surface area contributed by atoms with E-state index in [1.165, 1.54) is 22.4 Å². The maximum atomic E-state index is 6.44. The third kappa shape index (κ3) is 4.92. The van der Waals surface area contributed by atoms with Crippen LogP contribution in [-0.2, 0) is 4.74 Å². The Balaban J connectivity index is 1.78. The third-order valence-electron chi connectivity index (χ3n) is 5.41. The molecule has 2 heteroatoms. The second-order valence-electron chi connectivity index (χ2n) is 7.82. The molecule has 2 aromatic carbocycles. The Hall–Kier alpha value is -3.65. The number of benzene rings is 2. The highest BCUT2D eigenvalue weighted by atomic mass is 16.5. The first-order chi connectivity index (χ1) is 15.1. The van der Waals surface area contributed by atoms with Gasteiger partial charge in [0.25, 0.3) is 0 Å². The molecule has 1 heterocycles. The molecule has 0 aromatic heterocycles. The van der Waals surface area contributed by atoms with Gasteiger partial charge in [0.2, 0.25) is 0 Å². The zero-order valence-electron chi connectivity index (χ0n) is 18.4. The quantitative estimate of drug-likeness (QED) is 0.523. The van der Waals surface area contributed by atoms with E-state index in [1.54, 1.807) is 0 Å². The predicted octanol–water partition coefficient (Wildman–Crippen LogP) is 6.57. The lowest BCUT2D eigenvalue weighted by Crippen LogP contribution is -2.09. The molecule has 31 heavy (non-hydrogen) atoms. The molecule has 2 aromatic rings. The van der Waals surface area contributed by atoms with Crippen LogP contribution in [0.15, 0.2) is 120 Å². The van der Waals surface area contributed by atoms with Gasteiger partial charge in [-0.25, -0.2) is 4.58 Å². The number of allylic oxidation sites excluding steroid dienone is 10. The van der Waals surface area contributed by atoms with Crippen molar-refractivity contribution in [3.05, 3.63) is 131 Å². The van der Waals surface area contributed by atoms with E-state index in [-0.39, 0.29) is 0 Å². The van der Waals surface area contributed by atoms with E-state index < -0.39 is 0 Å². The fraction of sp³-hybridized carbons (Fsp3) is 0.138. The number of hydrogen-bond donors (Lipinski definition) is 0. The number of rotatable bonds is 4. The zero-order valence-corrected chi connectivity index (χ0v) is 18.4. The second kappa shape index (κ2) is 9.44.